The van der Waals surface area contributed by atoms with Crippen molar-refractivity contribution in [2.45, 2.75) is 277 Å². The monoisotopic (exact) mass is 1210 g/mol. The summed E-state index contributed by atoms with van der Waals surface area (Å²) in [6.07, 6.45) is 96.5. The molecule has 0 aromatic heterocycles. The molecule has 0 spiro atoms. The number of quaternary nitrogens is 1. The zero-order valence-electron chi connectivity index (χ0n) is 55.7. The molecule has 490 valence electrons. The molecule has 0 bridgehead atoms. The van der Waals surface area contributed by atoms with E-state index in [4.69, 9.17) is 18.5 Å². The number of phosphoric ester groups is 1. The summed E-state index contributed by atoms with van der Waals surface area (Å²) >= 11 is 0. The standard InChI is InChI=1S/C76H128NO8P/c1-6-8-10-12-14-16-18-20-22-24-26-28-30-32-34-36-37-38-39-41-43-45-47-49-51-53-55-57-59-61-63-65-67-69-76(79)85-74(73-84-86(80,81)83-71-70-77(3,4)5)72-82-75(78)68-66-64-62-60-58-56-54-52-50-48-46-44-42-40-35-33-31-29-27-25-23-21-19-17-15-13-11-9-7-2/h8-11,14-17,20-23,26-29,32,34,37-38,41,43,47,49,74H,6-7,12-13,18-19,24-25,30-31,33,35-36,39-40,42,44-46,48,50-73H2,1-5H3/p+1/b10-8-,11-9-,16-14-,17-15-,22-20-,23-21-,28-26-,29-27-,34-32-,38-37-,43-41-,49-47-. The molecule has 0 aliphatic rings. The number of carbonyl (C=O) groups excluding carboxylic acids is 2. The Morgan fingerprint density at radius 1 is 0.360 bits per heavy atom. The molecule has 86 heavy (non-hydrogen) atoms. The lowest BCUT2D eigenvalue weighted by molar-refractivity contribution is -0.870. The number of ether oxygens (including phenoxy) is 2. The van der Waals surface area contributed by atoms with Crippen molar-refractivity contribution in [3.8, 4) is 0 Å². The Kier molecular flexibility index (Phi) is 62.2. The van der Waals surface area contributed by atoms with Gasteiger partial charge in [0.2, 0.25) is 0 Å². The first-order chi connectivity index (χ1) is 42.0. The van der Waals surface area contributed by atoms with Crippen LogP contribution in [0.5, 0.6) is 0 Å². The van der Waals surface area contributed by atoms with Gasteiger partial charge in [0, 0.05) is 12.8 Å². The molecule has 0 radical (unpaired) electrons. The van der Waals surface area contributed by atoms with Gasteiger partial charge >= 0.3 is 19.8 Å². The van der Waals surface area contributed by atoms with Crippen molar-refractivity contribution in [3.63, 3.8) is 0 Å². The van der Waals surface area contributed by atoms with Crippen LogP contribution in [0.25, 0.3) is 0 Å². The van der Waals surface area contributed by atoms with Gasteiger partial charge in [0.25, 0.3) is 0 Å². The fraction of sp³-hybridized carbons (Fsp3) is 0.658. The van der Waals surface area contributed by atoms with E-state index in [0.29, 0.717) is 17.4 Å². The molecule has 2 atom stereocenters. The Labute approximate surface area is 529 Å². The molecule has 0 rings (SSSR count). The molecule has 0 aliphatic carbocycles. The van der Waals surface area contributed by atoms with Crippen LogP contribution in [0.1, 0.15) is 271 Å². The number of hydrogen-bond acceptors (Lipinski definition) is 7. The Bertz CT molecular complexity index is 1960. The Balaban J connectivity index is 4.12. The lowest BCUT2D eigenvalue weighted by Crippen LogP contribution is -2.37. The summed E-state index contributed by atoms with van der Waals surface area (Å²) in [7, 11) is 1.46. The minimum atomic E-state index is -4.40. The van der Waals surface area contributed by atoms with Gasteiger partial charge in [0.1, 0.15) is 19.8 Å². The first kappa shape index (κ1) is 81.9. The third kappa shape index (κ3) is 69.0. The van der Waals surface area contributed by atoms with Crippen molar-refractivity contribution >= 4 is 19.8 Å². The summed E-state index contributed by atoms with van der Waals surface area (Å²) in [5.41, 5.74) is 0. The Hall–Kier alpha value is -4.11. The van der Waals surface area contributed by atoms with E-state index >= 15 is 0 Å². The van der Waals surface area contributed by atoms with Gasteiger partial charge in [0.15, 0.2) is 6.10 Å². The number of likely N-dealkylation sites (N-methyl/N-ethyl adjacent to an activating group) is 1. The summed E-state index contributed by atoms with van der Waals surface area (Å²) < 4.78 is 34.7. The molecule has 1 N–H and O–H groups in total. The van der Waals surface area contributed by atoms with Crippen LogP contribution in [0.2, 0.25) is 0 Å². The van der Waals surface area contributed by atoms with Gasteiger partial charge in [-0.05, 0) is 116 Å². The molecule has 2 unspecified atom stereocenters. The summed E-state index contributed by atoms with van der Waals surface area (Å²) in [6.45, 7) is 4.20. The molecule has 0 amide bonds. The molecule has 0 fully saturated rings. The fourth-order valence-electron chi connectivity index (χ4n) is 9.14. The van der Waals surface area contributed by atoms with Crippen LogP contribution in [0.3, 0.4) is 0 Å². The van der Waals surface area contributed by atoms with Crippen molar-refractivity contribution in [2.24, 2.45) is 0 Å². The predicted octanol–water partition coefficient (Wildman–Crippen LogP) is 22.6. The van der Waals surface area contributed by atoms with Gasteiger partial charge in [-0.1, -0.05) is 288 Å². The molecular weight excluding hydrogens is 1090 g/mol. The van der Waals surface area contributed by atoms with Gasteiger partial charge in [-0.15, -0.1) is 0 Å². The Morgan fingerprint density at radius 2 is 0.628 bits per heavy atom. The number of rotatable bonds is 62. The highest BCUT2D eigenvalue weighted by atomic mass is 31.2. The molecule has 0 saturated carbocycles. The minimum Gasteiger partial charge on any atom is -0.462 e. The maximum atomic E-state index is 12.9. The van der Waals surface area contributed by atoms with E-state index < -0.39 is 26.5 Å². The van der Waals surface area contributed by atoms with Gasteiger partial charge in [0.05, 0.1) is 27.7 Å². The maximum absolute atomic E-state index is 12.9. The molecule has 0 aromatic rings. The van der Waals surface area contributed by atoms with Crippen LogP contribution in [-0.4, -0.2) is 74.9 Å². The smallest absolute Gasteiger partial charge is 0.462 e. The number of allylic oxidation sites excluding steroid dienone is 24. The first-order valence-electron chi connectivity index (χ1n) is 34.6. The molecule has 0 heterocycles. The topological polar surface area (TPSA) is 108 Å². The SMILES string of the molecule is CC/C=C\C/C=C\C/C=C\C/C=C\C/C=C\C/C=C\C/C=C\C/C=C\CCCCCCCCCCC(=O)OC(COC(=O)CCCCCCCCCCCCCCCCCC/C=C\C/C=C\C/C=C\C/C=C\CC)COP(=O)(O)OCC[N+](C)(C)C. The van der Waals surface area contributed by atoms with E-state index in [2.05, 4.69) is 160 Å². The quantitative estimate of drug-likeness (QED) is 0.0211. The molecule has 0 saturated heterocycles. The van der Waals surface area contributed by atoms with Gasteiger partial charge in [-0.3, -0.25) is 18.6 Å². The van der Waals surface area contributed by atoms with E-state index in [1.54, 1.807) is 0 Å². The van der Waals surface area contributed by atoms with E-state index in [1.165, 1.54) is 116 Å². The number of carbonyl (C=O) groups is 2. The van der Waals surface area contributed by atoms with E-state index in [9.17, 15) is 19.0 Å². The van der Waals surface area contributed by atoms with Crippen molar-refractivity contribution in [3.05, 3.63) is 146 Å². The highest BCUT2D eigenvalue weighted by Crippen LogP contribution is 2.43. The first-order valence-corrected chi connectivity index (χ1v) is 36.1. The van der Waals surface area contributed by atoms with Crippen LogP contribution >= 0.6 is 7.82 Å². The number of hydrogen-bond donors (Lipinski definition) is 1. The van der Waals surface area contributed by atoms with Crippen LogP contribution in [0.4, 0.5) is 0 Å². The molecule has 0 aromatic carbocycles. The van der Waals surface area contributed by atoms with Crippen LogP contribution < -0.4 is 0 Å². The Morgan fingerprint density at radius 3 is 0.930 bits per heavy atom. The van der Waals surface area contributed by atoms with Gasteiger partial charge < -0.3 is 18.9 Å². The van der Waals surface area contributed by atoms with Crippen LogP contribution in [0, 0.1) is 0 Å². The number of phosphoric acid groups is 1. The predicted molar refractivity (Wildman–Crippen MR) is 371 cm³/mol. The lowest BCUT2D eigenvalue weighted by atomic mass is 10.0. The van der Waals surface area contributed by atoms with E-state index in [-0.39, 0.29) is 32.0 Å². The fourth-order valence-corrected chi connectivity index (χ4v) is 9.88. The maximum Gasteiger partial charge on any atom is 0.472 e. The summed E-state index contributed by atoms with van der Waals surface area (Å²) in [4.78, 5) is 35.9. The zero-order valence-corrected chi connectivity index (χ0v) is 56.6. The molecule has 10 heteroatoms. The number of nitrogens with zero attached hydrogens (tertiary/aromatic N) is 1. The average molecular weight is 1220 g/mol. The minimum absolute atomic E-state index is 0.0235. The summed E-state index contributed by atoms with van der Waals surface area (Å²) in [5, 5.41) is 0. The normalized spacial score (nSPS) is 14.1. The second-order valence-electron chi connectivity index (χ2n) is 23.8. The van der Waals surface area contributed by atoms with Crippen LogP contribution in [-0.2, 0) is 32.7 Å². The third-order valence-electron chi connectivity index (χ3n) is 14.4. The molecule has 9 nitrogen and oxygen atoms in total. The number of esters is 2. The second-order valence-corrected chi connectivity index (χ2v) is 25.3. The summed E-state index contributed by atoms with van der Waals surface area (Å²) in [5.74, 6) is -0.809. The summed E-state index contributed by atoms with van der Waals surface area (Å²) in [6, 6.07) is 0. The zero-order chi connectivity index (χ0) is 62.6. The molecular formula is C76H129NO8P+. The van der Waals surface area contributed by atoms with Crippen molar-refractivity contribution in [1.82, 2.24) is 0 Å². The largest absolute Gasteiger partial charge is 0.472 e. The highest BCUT2D eigenvalue weighted by molar-refractivity contribution is 7.47. The van der Waals surface area contributed by atoms with E-state index in [1.807, 2.05) is 21.1 Å². The highest BCUT2D eigenvalue weighted by Gasteiger charge is 2.27. The van der Waals surface area contributed by atoms with Crippen molar-refractivity contribution in [2.75, 3.05) is 47.5 Å². The second kappa shape index (κ2) is 65.3. The average Bonchev–Trinajstić information content (AvgIpc) is 3.70. The van der Waals surface area contributed by atoms with Crippen molar-refractivity contribution < 1.29 is 42.1 Å². The molecule has 0 aliphatic heterocycles. The van der Waals surface area contributed by atoms with Gasteiger partial charge in [-0.25, -0.2) is 4.57 Å². The van der Waals surface area contributed by atoms with Gasteiger partial charge in [-0.2, -0.15) is 0 Å². The number of unbranched alkanes of at least 4 members (excludes halogenated alkanes) is 24. The van der Waals surface area contributed by atoms with Crippen LogP contribution in [0.15, 0.2) is 146 Å². The van der Waals surface area contributed by atoms with E-state index in [0.717, 1.165) is 122 Å². The third-order valence-corrected chi connectivity index (χ3v) is 15.3. The van der Waals surface area contributed by atoms with Crippen molar-refractivity contribution in [1.29, 1.82) is 0 Å². The lowest BCUT2D eigenvalue weighted by Gasteiger charge is -2.24.